The molecule has 0 unspecified atom stereocenters. The molecule has 1 heterocycles. The number of hydrogen-bond acceptors (Lipinski definition) is 2. The van der Waals surface area contributed by atoms with Crippen molar-refractivity contribution in [1.29, 1.82) is 0 Å². The van der Waals surface area contributed by atoms with Crippen LogP contribution in [0.1, 0.15) is 10.4 Å². The topological polar surface area (TPSA) is 30.0 Å². The third kappa shape index (κ3) is 1.97. The third-order valence-corrected chi connectivity index (χ3v) is 3.93. The van der Waals surface area contributed by atoms with E-state index in [0.717, 1.165) is 39.2 Å². The van der Waals surface area contributed by atoms with Gasteiger partial charge in [0, 0.05) is 16.5 Å². The van der Waals surface area contributed by atoms with Crippen molar-refractivity contribution in [2.45, 2.75) is 0 Å². The van der Waals surface area contributed by atoms with Crippen LogP contribution in [0.2, 0.25) is 0 Å². The second-order valence-corrected chi connectivity index (χ2v) is 5.26. The summed E-state index contributed by atoms with van der Waals surface area (Å²) in [6.07, 6.45) is 0.920. The summed E-state index contributed by atoms with van der Waals surface area (Å²) in [6, 6.07) is 23.9. The lowest BCUT2D eigenvalue weighted by Gasteiger charge is -2.09. The smallest absolute Gasteiger partial charge is 0.150 e. The van der Waals surface area contributed by atoms with Gasteiger partial charge in [0.2, 0.25) is 0 Å². The minimum atomic E-state index is 0.681. The molecule has 2 heteroatoms. The lowest BCUT2D eigenvalue weighted by Crippen LogP contribution is -1.92. The lowest BCUT2D eigenvalue weighted by molar-refractivity contribution is 0.112. The minimum Gasteiger partial charge on any atom is -0.298 e. The molecule has 2 nitrogen and oxygen atoms in total. The number of carbonyl (C=O) groups excluding carboxylic acids is 1. The molecule has 0 amide bonds. The summed E-state index contributed by atoms with van der Waals surface area (Å²) in [5.74, 6) is 0. The zero-order valence-electron chi connectivity index (χ0n) is 11.9. The normalized spacial score (nSPS) is 10.9. The molecule has 4 rings (SSSR count). The van der Waals surface area contributed by atoms with Crippen LogP contribution in [0.15, 0.2) is 72.8 Å². The van der Waals surface area contributed by atoms with Gasteiger partial charge in [0.25, 0.3) is 0 Å². The maximum absolute atomic E-state index is 11.6. The number of rotatable bonds is 2. The Balaban J connectivity index is 2.10. The second kappa shape index (κ2) is 5.08. The lowest BCUT2D eigenvalue weighted by atomic mass is 9.99. The molecule has 4 aromatic rings. The van der Waals surface area contributed by atoms with Gasteiger partial charge in [0.15, 0.2) is 6.29 Å². The van der Waals surface area contributed by atoms with Crippen molar-refractivity contribution in [2.24, 2.45) is 0 Å². The Bertz CT molecular complexity index is 990. The molecule has 0 aliphatic rings. The molecule has 1 aromatic heterocycles. The van der Waals surface area contributed by atoms with Gasteiger partial charge in [-0.2, -0.15) is 0 Å². The molecular weight excluding hydrogens is 270 g/mol. The first-order valence-corrected chi connectivity index (χ1v) is 7.20. The van der Waals surface area contributed by atoms with Crippen LogP contribution in [0.5, 0.6) is 0 Å². The first-order chi connectivity index (χ1) is 10.9. The van der Waals surface area contributed by atoms with Crippen molar-refractivity contribution in [3.05, 3.63) is 78.4 Å². The van der Waals surface area contributed by atoms with Crippen LogP contribution >= 0.6 is 0 Å². The second-order valence-electron chi connectivity index (χ2n) is 5.26. The van der Waals surface area contributed by atoms with Gasteiger partial charge in [-0.05, 0) is 22.9 Å². The van der Waals surface area contributed by atoms with E-state index >= 15 is 0 Å². The van der Waals surface area contributed by atoms with Crippen molar-refractivity contribution in [3.8, 4) is 11.3 Å². The molecule has 0 bridgehead atoms. The van der Waals surface area contributed by atoms with Crippen molar-refractivity contribution in [2.75, 3.05) is 0 Å². The van der Waals surface area contributed by atoms with Crippen LogP contribution in [-0.2, 0) is 0 Å². The number of aldehydes is 1. The van der Waals surface area contributed by atoms with E-state index in [-0.39, 0.29) is 0 Å². The molecule has 104 valence electrons. The largest absolute Gasteiger partial charge is 0.298 e. The van der Waals surface area contributed by atoms with Crippen molar-refractivity contribution < 1.29 is 4.79 Å². The van der Waals surface area contributed by atoms with E-state index in [2.05, 4.69) is 6.07 Å². The maximum atomic E-state index is 11.6. The highest BCUT2D eigenvalue weighted by molar-refractivity contribution is 6.13. The van der Waals surface area contributed by atoms with Crippen LogP contribution in [0.25, 0.3) is 32.9 Å². The first kappa shape index (κ1) is 12.7. The summed E-state index contributed by atoms with van der Waals surface area (Å²) in [5, 5.41) is 3.11. The highest BCUT2D eigenvalue weighted by atomic mass is 16.1. The van der Waals surface area contributed by atoms with Gasteiger partial charge < -0.3 is 0 Å². The Hall–Kier alpha value is -3.00. The van der Waals surface area contributed by atoms with Gasteiger partial charge in [0.1, 0.15) is 0 Å². The molecule has 0 saturated heterocycles. The van der Waals surface area contributed by atoms with Crippen molar-refractivity contribution in [3.63, 3.8) is 0 Å². The van der Waals surface area contributed by atoms with E-state index in [1.807, 2.05) is 66.7 Å². The summed E-state index contributed by atoms with van der Waals surface area (Å²) in [7, 11) is 0. The van der Waals surface area contributed by atoms with Crippen molar-refractivity contribution >= 4 is 28.0 Å². The fourth-order valence-electron chi connectivity index (χ4n) is 2.89. The number of carbonyl (C=O) groups is 1. The van der Waals surface area contributed by atoms with Crippen molar-refractivity contribution in [1.82, 2.24) is 4.98 Å². The predicted octanol–water partition coefficient (Wildman–Crippen LogP) is 4.87. The molecule has 0 fully saturated rings. The van der Waals surface area contributed by atoms with E-state index in [1.54, 1.807) is 0 Å². The van der Waals surface area contributed by atoms with Crippen LogP contribution in [-0.4, -0.2) is 11.3 Å². The Morgan fingerprint density at radius 1 is 0.818 bits per heavy atom. The molecule has 0 atom stereocenters. The highest BCUT2D eigenvalue weighted by Crippen LogP contribution is 2.29. The van der Waals surface area contributed by atoms with E-state index in [1.165, 1.54) is 0 Å². The Kier molecular flexibility index (Phi) is 2.94. The Morgan fingerprint density at radius 3 is 2.41 bits per heavy atom. The van der Waals surface area contributed by atoms with Crippen LogP contribution in [0.3, 0.4) is 0 Å². The molecule has 22 heavy (non-hydrogen) atoms. The maximum Gasteiger partial charge on any atom is 0.150 e. The number of hydrogen-bond donors (Lipinski definition) is 0. The third-order valence-electron chi connectivity index (χ3n) is 3.93. The molecule has 0 spiro atoms. The van der Waals surface area contributed by atoms with Gasteiger partial charge in [0.05, 0.1) is 11.2 Å². The zero-order chi connectivity index (χ0) is 14.9. The number of pyridine rings is 1. The first-order valence-electron chi connectivity index (χ1n) is 7.20. The van der Waals surface area contributed by atoms with Crippen LogP contribution in [0.4, 0.5) is 0 Å². The summed E-state index contributed by atoms with van der Waals surface area (Å²) < 4.78 is 0. The zero-order valence-corrected chi connectivity index (χ0v) is 11.9. The van der Waals surface area contributed by atoms with E-state index in [9.17, 15) is 4.79 Å². The number of nitrogens with zero attached hydrogens (tertiary/aromatic N) is 1. The van der Waals surface area contributed by atoms with Gasteiger partial charge >= 0.3 is 0 Å². The average Bonchev–Trinajstić information content (AvgIpc) is 2.61. The SMILES string of the molecule is O=Cc1cc(-c2ccccc2)nc2ccc3ccccc3c12. The van der Waals surface area contributed by atoms with Gasteiger partial charge in [-0.15, -0.1) is 0 Å². The summed E-state index contributed by atoms with van der Waals surface area (Å²) in [6.45, 7) is 0. The summed E-state index contributed by atoms with van der Waals surface area (Å²) in [5.41, 5.74) is 3.37. The number of benzene rings is 3. The van der Waals surface area contributed by atoms with Gasteiger partial charge in [-0.3, -0.25) is 4.79 Å². The van der Waals surface area contributed by atoms with Crippen LogP contribution in [0, 0.1) is 0 Å². The number of fused-ring (bicyclic) bond motifs is 3. The van der Waals surface area contributed by atoms with E-state index < -0.39 is 0 Å². The molecule has 3 aromatic carbocycles. The van der Waals surface area contributed by atoms with Gasteiger partial charge in [-0.25, -0.2) is 4.98 Å². The Morgan fingerprint density at radius 2 is 1.59 bits per heavy atom. The van der Waals surface area contributed by atoms with Gasteiger partial charge in [-0.1, -0.05) is 60.7 Å². The average molecular weight is 283 g/mol. The summed E-state index contributed by atoms with van der Waals surface area (Å²) in [4.78, 5) is 16.4. The molecule has 0 N–H and O–H groups in total. The minimum absolute atomic E-state index is 0.681. The molecular formula is C20H13NO. The molecule has 0 aliphatic heterocycles. The quantitative estimate of drug-likeness (QED) is 0.388. The standard InChI is InChI=1S/C20H13NO/c22-13-16-12-19(15-7-2-1-3-8-15)21-18-11-10-14-6-4-5-9-17(14)20(16)18/h1-13H. The fraction of sp³-hybridized carbons (Fsp3) is 0. The molecule has 0 saturated carbocycles. The highest BCUT2D eigenvalue weighted by Gasteiger charge is 2.10. The number of aromatic nitrogens is 1. The predicted molar refractivity (Wildman–Crippen MR) is 90.1 cm³/mol. The Labute approximate surface area is 128 Å². The summed E-state index contributed by atoms with van der Waals surface area (Å²) >= 11 is 0. The molecule has 0 aliphatic carbocycles. The molecule has 0 radical (unpaired) electrons. The monoisotopic (exact) mass is 283 g/mol. The van der Waals surface area contributed by atoms with E-state index in [0.29, 0.717) is 5.56 Å². The fourth-order valence-corrected chi connectivity index (χ4v) is 2.89. The van der Waals surface area contributed by atoms with E-state index in [4.69, 9.17) is 4.98 Å². The van der Waals surface area contributed by atoms with Crippen LogP contribution < -0.4 is 0 Å².